The minimum Gasteiger partial charge on any atom is -0.481 e. The molecule has 0 saturated heterocycles. The van der Waals surface area contributed by atoms with E-state index in [1.54, 1.807) is 6.07 Å². The first-order valence-electron chi connectivity index (χ1n) is 4.47. The van der Waals surface area contributed by atoms with Gasteiger partial charge >= 0.3 is 5.97 Å². The molecule has 0 aliphatic rings. The highest BCUT2D eigenvalue weighted by Crippen LogP contribution is 2.27. The molecular formula is C10H7BrF2N2O2. The van der Waals surface area contributed by atoms with Gasteiger partial charge in [-0.1, -0.05) is 15.9 Å². The molecule has 1 heterocycles. The van der Waals surface area contributed by atoms with Gasteiger partial charge in [-0.05, 0) is 5.56 Å². The highest BCUT2D eigenvalue weighted by Gasteiger charge is 2.21. The molecule has 0 radical (unpaired) electrons. The van der Waals surface area contributed by atoms with Crippen LogP contribution in [0.4, 0.5) is 8.78 Å². The normalized spacial score (nSPS) is 10.3. The van der Waals surface area contributed by atoms with Gasteiger partial charge in [0.05, 0.1) is 17.7 Å². The summed E-state index contributed by atoms with van der Waals surface area (Å²) in [5.41, 5.74) is -0.511. The average Bonchev–Trinajstić information content (AvgIpc) is 2.27. The number of pyridine rings is 1. The van der Waals surface area contributed by atoms with E-state index in [4.69, 9.17) is 10.4 Å². The van der Waals surface area contributed by atoms with E-state index in [1.807, 2.05) is 0 Å². The molecule has 1 aromatic rings. The number of carboxylic acid groups (broad SMARTS) is 1. The molecule has 0 aliphatic heterocycles. The summed E-state index contributed by atoms with van der Waals surface area (Å²) in [4.78, 5) is 14.3. The fourth-order valence-corrected chi connectivity index (χ4v) is 1.80. The summed E-state index contributed by atoms with van der Waals surface area (Å²) in [5, 5.41) is 17.8. The summed E-state index contributed by atoms with van der Waals surface area (Å²) < 4.78 is 25.4. The lowest BCUT2D eigenvalue weighted by Gasteiger charge is -2.10. The van der Waals surface area contributed by atoms with Crippen LogP contribution in [0.2, 0.25) is 0 Å². The van der Waals surface area contributed by atoms with Gasteiger partial charge in [-0.2, -0.15) is 5.26 Å². The predicted octanol–water partition coefficient (Wildman–Crippen LogP) is 2.41. The average molecular weight is 305 g/mol. The molecule has 0 fully saturated rings. The number of nitriles is 1. The maximum Gasteiger partial charge on any atom is 0.307 e. The molecule has 0 aromatic carbocycles. The van der Waals surface area contributed by atoms with Crippen molar-refractivity contribution in [3.63, 3.8) is 0 Å². The minimum absolute atomic E-state index is 0.0953. The summed E-state index contributed by atoms with van der Waals surface area (Å²) in [6, 6.07) is 1.73. The molecule has 0 amide bonds. The van der Waals surface area contributed by atoms with Gasteiger partial charge in [0.1, 0.15) is 6.07 Å². The largest absolute Gasteiger partial charge is 0.481 e. The monoisotopic (exact) mass is 304 g/mol. The van der Waals surface area contributed by atoms with Crippen molar-refractivity contribution in [2.24, 2.45) is 0 Å². The Labute approximate surface area is 104 Å². The third-order valence-corrected chi connectivity index (χ3v) is 2.63. The number of carboxylic acids is 1. The van der Waals surface area contributed by atoms with Gasteiger partial charge in [0.15, 0.2) is 0 Å². The van der Waals surface area contributed by atoms with Crippen LogP contribution >= 0.6 is 15.9 Å². The van der Waals surface area contributed by atoms with Crippen LogP contribution in [0, 0.1) is 11.3 Å². The molecule has 90 valence electrons. The summed E-state index contributed by atoms with van der Waals surface area (Å²) >= 11 is 3.06. The summed E-state index contributed by atoms with van der Waals surface area (Å²) in [7, 11) is 0. The lowest BCUT2D eigenvalue weighted by atomic mass is 9.99. The number of carbonyl (C=O) groups is 1. The molecule has 7 heteroatoms. The zero-order valence-electron chi connectivity index (χ0n) is 8.45. The number of hydrogen-bond acceptors (Lipinski definition) is 3. The molecule has 0 bridgehead atoms. The number of rotatable bonds is 4. The Morgan fingerprint density at radius 3 is 2.71 bits per heavy atom. The van der Waals surface area contributed by atoms with Gasteiger partial charge in [-0.15, -0.1) is 0 Å². The Kier molecular flexibility index (Phi) is 4.52. The van der Waals surface area contributed by atoms with E-state index in [-0.39, 0.29) is 22.2 Å². The fourth-order valence-electron chi connectivity index (χ4n) is 1.37. The smallest absolute Gasteiger partial charge is 0.307 e. The number of halogens is 3. The van der Waals surface area contributed by atoms with E-state index in [9.17, 15) is 13.6 Å². The summed E-state index contributed by atoms with van der Waals surface area (Å²) in [6.45, 7) is 0. The van der Waals surface area contributed by atoms with Crippen molar-refractivity contribution in [1.29, 1.82) is 5.26 Å². The first-order valence-corrected chi connectivity index (χ1v) is 5.60. The fraction of sp³-hybridized carbons (Fsp3) is 0.300. The van der Waals surface area contributed by atoms with Gasteiger partial charge in [-0.25, -0.2) is 8.78 Å². The van der Waals surface area contributed by atoms with Gasteiger partial charge in [0.2, 0.25) is 0 Å². The van der Waals surface area contributed by atoms with Crippen LogP contribution in [0.3, 0.4) is 0 Å². The van der Waals surface area contributed by atoms with E-state index in [2.05, 4.69) is 20.9 Å². The maximum absolute atomic E-state index is 12.7. The van der Waals surface area contributed by atoms with Gasteiger partial charge in [0.25, 0.3) is 6.43 Å². The lowest BCUT2D eigenvalue weighted by Crippen LogP contribution is -2.09. The zero-order valence-corrected chi connectivity index (χ0v) is 10.0. The number of aromatic nitrogens is 1. The van der Waals surface area contributed by atoms with Gasteiger partial charge < -0.3 is 5.11 Å². The van der Waals surface area contributed by atoms with E-state index in [1.165, 1.54) is 0 Å². The Morgan fingerprint density at radius 1 is 1.65 bits per heavy atom. The third kappa shape index (κ3) is 2.97. The van der Waals surface area contributed by atoms with E-state index in [0.717, 1.165) is 6.20 Å². The molecule has 0 spiro atoms. The maximum atomic E-state index is 12.7. The van der Waals surface area contributed by atoms with Crippen molar-refractivity contribution in [2.45, 2.75) is 18.2 Å². The second-order valence-electron chi connectivity index (χ2n) is 3.13. The minimum atomic E-state index is -2.85. The van der Waals surface area contributed by atoms with Crippen molar-refractivity contribution >= 4 is 21.9 Å². The molecule has 17 heavy (non-hydrogen) atoms. The highest BCUT2D eigenvalue weighted by atomic mass is 79.9. The SMILES string of the molecule is N#Cc1c(CBr)ncc(C(F)F)c1CC(=O)O. The standard InChI is InChI=1S/C10H7BrF2N2O2/c11-2-8-6(3-14)5(1-9(16)17)7(4-15-8)10(12)13/h4,10H,1-2H2,(H,16,17). The summed E-state index contributed by atoms with van der Waals surface area (Å²) in [6.07, 6.45) is -2.56. The van der Waals surface area contributed by atoms with Crippen LogP contribution in [-0.2, 0) is 16.5 Å². The number of alkyl halides is 3. The number of hydrogen-bond donors (Lipinski definition) is 1. The first-order chi connectivity index (χ1) is 8.01. The molecule has 1 aromatic heterocycles. The molecular weight excluding hydrogens is 298 g/mol. The molecule has 4 nitrogen and oxygen atoms in total. The van der Waals surface area contributed by atoms with Crippen molar-refractivity contribution in [2.75, 3.05) is 0 Å². The molecule has 0 aliphatic carbocycles. The molecule has 0 unspecified atom stereocenters. The van der Waals surface area contributed by atoms with Crippen LogP contribution < -0.4 is 0 Å². The second-order valence-corrected chi connectivity index (χ2v) is 3.69. The molecule has 1 rings (SSSR count). The second kappa shape index (κ2) is 5.68. The van der Waals surface area contributed by atoms with Crippen LogP contribution in [0.5, 0.6) is 0 Å². The van der Waals surface area contributed by atoms with Crippen LogP contribution in [-0.4, -0.2) is 16.1 Å². The third-order valence-electron chi connectivity index (χ3n) is 2.10. The molecule has 0 atom stereocenters. The highest BCUT2D eigenvalue weighted by molar-refractivity contribution is 9.08. The summed E-state index contributed by atoms with van der Waals surface area (Å²) in [5.74, 6) is -1.27. The Bertz CT molecular complexity index is 486. The first kappa shape index (κ1) is 13.5. The molecule has 1 N–H and O–H groups in total. The van der Waals surface area contributed by atoms with E-state index in [0.29, 0.717) is 0 Å². The van der Waals surface area contributed by atoms with Crippen LogP contribution in [0.1, 0.15) is 28.8 Å². The van der Waals surface area contributed by atoms with Crippen LogP contribution in [0.15, 0.2) is 6.20 Å². The van der Waals surface area contributed by atoms with Crippen molar-refractivity contribution in [1.82, 2.24) is 4.98 Å². The van der Waals surface area contributed by atoms with Crippen LogP contribution in [0.25, 0.3) is 0 Å². The van der Waals surface area contributed by atoms with Gasteiger partial charge in [-0.3, -0.25) is 9.78 Å². The van der Waals surface area contributed by atoms with Crippen molar-refractivity contribution < 1.29 is 18.7 Å². The Hall–Kier alpha value is -1.55. The van der Waals surface area contributed by atoms with Crippen molar-refractivity contribution in [3.8, 4) is 6.07 Å². The Morgan fingerprint density at radius 2 is 2.29 bits per heavy atom. The van der Waals surface area contributed by atoms with Crippen molar-refractivity contribution in [3.05, 3.63) is 28.6 Å². The number of nitrogens with zero attached hydrogens (tertiary/aromatic N) is 2. The molecule has 0 saturated carbocycles. The lowest BCUT2D eigenvalue weighted by molar-refractivity contribution is -0.136. The van der Waals surface area contributed by atoms with Gasteiger partial charge in [0, 0.05) is 17.1 Å². The quantitative estimate of drug-likeness (QED) is 0.867. The Balaban J connectivity index is 3.45. The predicted molar refractivity (Wildman–Crippen MR) is 57.9 cm³/mol. The zero-order chi connectivity index (χ0) is 13.0. The van der Waals surface area contributed by atoms with E-state index < -0.39 is 24.4 Å². The topological polar surface area (TPSA) is 74.0 Å². The number of aliphatic carboxylic acids is 1. The van der Waals surface area contributed by atoms with E-state index >= 15 is 0 Å².